The molecule has 0 spiro atoms. The van der Waals surface area contributed by atoms with Crippen LogP contribution in [0.3, 0.4) is 0 Å². The van der Waals surface area contributed by atoms with Gasteiger partial charge in [-0.3, -0.25) is 0 Å². The summed E-state index contributed by atoms with van der Waals surface area (Å²) in [4.78, 5) is 3.94. The van der Waals surface area contributed by atoms with E-state index < -0.39 is 11.8 Å². The second-order valence-electron chi connectivity index (χ2n) is 5.43. The Morgan fingerprint density at radius 2 is 1.92 bits per heavy atom. The van der Waals surface area contributed by atoms with Crippen molar-refractivity contribution in [3.63, 3.8) is 0 Å². The molecule has 24 heavy (non-hydrogen) atoms. The third kappa shape index (κ3) is 3.38. The molecule has 5 nitrogen and oxygen atoms in total. The Kier molecular flexibility index (Phi) is 4.76. The van der Waals surface area contributed by atoms with Crippen molar-refractivity contribution in [2.45, 2.75) is 18.8 Å². The van der Waals surface area contributed by atoms with E-state index in [2.05, 4.69) is 10.1 Å². The van der Waals surface area contributed by atoms with E-state index in [0.717, 1.165) is 0 Å². The minimum atomic E-state index is -1.48. The van der Waals surface area contributed by atoms with Gasteiger partial charge in [0.15, 0.2) is 0 Å². The van der Waals surface area contributed by atoms with Gasteiger partial charge in [0.1, 0.15) is 24.0 Å². The van der Waals surface area contributed by atoms with Crippen LogP contribution in [0.1, 0.15) is 18.7 Å². The smallest absolute Gasteiger partial charge is 0.225 e. The summed E-state index contributed by atoms with van der Waals surface area (Å²) in [6.45, 7) is 1.61. The van der Waals surface area contributed by atoms with Crippen LogP contribution < -0.4 is 4.74 Å². The van der Waals surface area contributed by atoms with Crippen molar-refractivity contribution in [1.29, 1.82) is 0 Å². The van der Waals surface area contributed by atoms with Gasteiger partial charge in [-0.1, -0.05) is 47.5 Å². The van der Waals surface area contributed by atoms with Crippen LogP contribution in [0.2, 0.25) is 10.0 Å². The van der Waals surface area contributed by atoms with E-state index in [0.29, 0.717) is 21.4 Å². The number of halogens is 2. The first kappa shape index (κ1) is 16.8. The lowest BCUT2D eigenvalue weighted by Gasteiger charge is -2.33. The standard InChI is InChI=1S/C17H15Cl2N3O2/c1-17(23,14-8-7-12(18)9-15(14)19)16(22-11-20-10-21-22)24-13-5-3-2-4-6-13/h2-11,16,23H,1H3. The predicted molar refractivity (Wildman–Crippen MR) is 92.2 cm³/mol. The van der Waals surface area contributed by atoms with Crippen LogP contribution in [0.5, 0.6) is 5.75 Å². The number of rotatable bonds is 5. The fraction of sp³-hybridized carbons (Fsp3) is 0.176. The molecule has 0 amide bonds. The number of ether oxygens (including phenoxy) is 1. The normalized spacial score (nSPS) is 14.8. The molecule has 0 saturated carbocycles. The zero-order valence-electron chi connectivity index (χ0n) is 12.8. The monoisotopic (exact) mass is 363 g/mol. The summed E-state index contributed by atoms with van der Waals surface area (Å²) in [5.74, 6) is 0.586. The molecule has 2 aromatic carbocycles. The molecule has 1 N–H and O–H groups in total. The summed E-state index contributed by atoms with van der Waals surface area (Å²) >= 11 is 12.2. The summed E-state index contributed by atoms with van der Waals surface area (Å²) in [6, 6.07) is 14.1. The largest absolute Gasteiger partial charge is 0.465 e. The minimum absolute atomic E-state index is 0.342. The molecule has 0 aliphatic carbocycles. The Morgan fingerprint density at radius 1 is 1.17 bits per heavy atom. The van der Waals surface area contributed by atoms with Crippen LogP contribution in [-0.4, -0.2) is 19.9 Å². The van der Waals surface area contributed by atoms with Gasteiger partial charge in [-0.25, -0.2) is 9.67 Å². The number of aromatic nitrogens is 3. The molecule has 2 atom stereocenters. The van der Waals surface area contributed by atoms with Crippen molar-refractivity contribution >= 4 is 23.2 Å². The summed E-state index contributed by atoms with van der Waals surface area (Å²) < 4.78 is 7.42. The van der Waals surface area contributed by atoms with Gasteiger partial charge in [-0.15, -0.1) is 0 Å². The number of hydrogen-bond donors (Lipinski definition) is 1. The molecule has 124 valence electrons. The lowest BCUT2D eigenvalue weighted by Crippen LogP contribution is -2.38. The molecule has 0 aliphatic heterocycles. The number of nitrogens with zero attached hydrogens (tertiary/aromatic N) is 3. The van der Waals surface area contributed by atoms with Gasteiger partial charge in [0.05, 0.1) is 0 Å². The maximum atomic E-state index is 11.2. The summed E-state index contributed by atoms with van der Waals surface area (Å²) in [5, 5.41) is 16.1. The van der Waals surface area contributed by atoms with Gasteiger partial charge < -0.3 is 9.84 Å². The highest BCUT2D eigenvalue weighted by Crippen LogP contribution is 2.38. The van der Waals surface area contributed by atoms with Gasteiger partial charge in [0, 0.05) is 15.6 Å². The Bertz CT molecular complexity index is 808. The van der Waals surface area contributed by atoms with E-state index in [-0.39, 0.29) is 0 Å². The minimum Gasteiger partial charge on any atom is -0.465 e. The Morgan fingerprint density at radius 3 is 2.54 bits per heavy atom. The van der Waals surface area contributed by atoms with Gasteiger partial charge in [-0.2, -0.15) is 5.10 Å². The van der Waals surface area contributed by atoms with Crippen LogP contribution in [0.25, 0.3) is 0 Å². The molecular weight excluding hydrogens is 349 g/mol. The first-order chi connectivity index (χ1) is 11.5. The third-order valence-electron chi connectivity index (χ3n) is 3.63. The second-order valence-corrected chi connectivity index (χ2v) is 6.27. The second kappa shape index (κ2) is 6.81. The van der Waals surface area contributed by atoms with Crippen molar-refractivity contribution in [2.24, 2.45) is 0 Å². The molecule has 0 aliphatic rings. The summed E-state index contributed by atoms with van der Waals surface area (Å²) in [7, 11) is 0. The highest BCUT2D eigenvalue weighted by atomic mass is 35.5. The Hall–Kier alpha value is -2.08. The van der Waals surface area contributed by atoms with Crippen molar-refractivity contribution in [3.05, 3.63) is 76.8 Å². The molecule has 0 radical (unpaired) electrons. The van der Waals surface area contributed by atoms with Gasteiger partial charge in [0.25, 0.3) is 0 Å². The first-order valence-corrected chi connectivity index (χ1v) is 7.98. The fourth-order valence-electron chi connectivity index (χ4n) is 2.43. The van der Waals surface area contributed by atoms with E-state index in [9.17, 15) is 5.11 Å². The van der Waals surface area contributed by atoms with Crippen molar-refractivity contribution in [1.82, 2.24) is 14.8 Å². The number of hydrogen-bond acceptors (Lipinski definition) is 4. The zero-order valence-corrected chi connectivity index (χ0v) is 14.3. The van der Waals surface area contributed by atoms with Crippen LogP contribution in [0.15, 0.2) is 61.2 Å². The molecule has 2 unspecified atom stereocenters. The van der Waals surface area contributed by atoms with Crippen LogP contribution in [-0.2, 0) is 5.60 Å². The topological polar surface area (TPSA) is 60.2 Å². The van der Waals surface area contributed by atoms with Gasteiger partial charge >= 0.3 is 0 Å². The Balaban J connectivity index is 2.03. The lowest BCUT2D eigenvalue weighted by atomic mass is 9.94. The molecule has 0 bridgehead atoms. The fourth-order valence-corrected chi connectivity index (χ4v) is 3.03. The predicted octanol–water partition coefficient (Wildman–Crippen LogP) is 4.07. The lowest BCUT2D eigenvalue weighted by molar-refractivity contribution is -0.0978. The molecule has 1 aromatic heterocycles. The van der Waals surface area contributed by atoms with Crippen LogP contribution >= 0.6 is 23.2 Å². The maximum Gasteiger partial charge on any atom is 0.225 e. The summed E-state index contributed by atoms with van der Waals surface area (Å²) in [6.07, 6.45) is 1.98. The summed E-state index contributed by atoms with van der Waals surface area (Å²) in [5.41, 5.74) is -1.00. The van der Waals surface area contributed by atoms with Crippen molar-refractivity contribution in [2.75, 3.05) is 0 Å². The van der Waals surface area contributed by atoms with E-state index in [1.807, 2.05) is 18.2 Å². The average Bonchev–Trinajstić information content (AvgIpc) is 3.07. The molecule has 1 heterocycles. The van der Waals surface area contributed by atoms with Gasteiger partial charge in [0.2, 0.25) is 6.23 Å². The van der Waals surface area contributed by atoms with Gasteiger partial charge in [-0.05, 0) is 31.2 Å². The number of aliphatic hydroxyl groups is 1. The SMILES string of the molecule is CC(O)(c1ccc(Cl)cc1Cl)C(Oc1ccccc1)n1cncn1. The molecule has 0 fully saturated rings. The van der Waals surface area contributed by atoms with Crippen LogP contribution in [0, 0.1) is 0 Å². The number of para-hydroxylation sites is 1. The molecule has 7 heteroatoms. The highest BCUT2D eigenvalue weighted by molar-refractivity contribution is 6.35. The molecule has 3 aromatic rings. The molecule has 3 rings (SSSR count). The highest BCUT2D eigenvalue weighted by Gasteiger charge is 2.39. The quantitative estimate of drug-likeness (QED) is 0.742. The zero-order chi connectivity index (χ0) is 17.2. The van der Waals surface area contributed by atoms with E-state index in [1.165, 1.54) is 17.3 Å². The molecule has 0 saturated heterocycles. The third-order valence-corrected chi connectivity index (χ3v) is 4.17. The maximum absolute atomic E-state index is 11.2. The average molecular weight is 364 g/mol. The van der Waals surface area contributed by atoms with Crippen LogP contribution in [0.4, 0.5) is 0 Å². The van der Waals surface area contributed by atoms with E-state index in [4.69, 9.17) is 27.9 Å². The van der Waals surface area contributed by atoms with Crippen molar-refractivity contribution < 1.29 is 9.84 Å². The Labute approximate surface area is 149 Å². The number of benzene rings is 2. The van der Waals surface area contributed by atoms with Crippen molar-refractivity contribution in [3.8, 4) is 5.75 Å². The van der Waals surface area contributed by atoms with E-state index in [1.54, 1.807) is 37.3 Å². The van der Waals surface area contributed by atoms with E-state index >= 15 is 0 Å². The first-order valence-electron chi connectivity index (χ1n) is 7.22. The molecular formula is C17H15Cl2N3O2.